The Bertz CT molecular complexity index is 2830. The maximum Gasteiger partial charge on any atom is -0.00928 e. The van der Waals surface area contributed by atoms with Gasteiger partial charge in [0.25, 0.3) is 0 Å². The first-order valence-electron chi connectivity index (χ1n) is 16.7. The van der Waals surface area contributed by atoms with Gasteiger partial charge in [0.1, 0.15) is 0 Å². The fourth-order valence-corrected chi connectivity index (χ4v) is 7.84. The van der Waals surface area contributed by atoms with Crippen molar-refractivity contribution in [3.63, 3.8) is 0 Å². The minimum absolute atomic E-state index is 1.23. The molecule has 0 amide bonds. The molecule has 0 bridgehead atoms. The standard InChI is InChI=1S/C48H30/c1-2-10-39-32(8-1)9-7-15-40(39)33-18-16-31(17-19-33)34-22-25-41-37(28-34)20-21-38-29-35(23-26-42(38)41)36-24-27-47-45-13-4-3-11-43(45)44-12-5-6-14-46(44)48(47)30-36/h1-30H. The Balaban J connectivity index is 1.02. The fourth-order valence-electron chi connectivity index (χ4n) is 7.84. The minimum atomic E-state index is 1.23. The molecule has 0 heterocycles. The van der Waals surface area contributed by atoms with Crippen molar-refractivity contribution in [2.75, 3.05) is 0 Å². The average Bonchev–Trinajstić information content (AvgIpc) is 3.17. The van der Waals surface area contributed by atoms with Crippen LogP contribution in [-0.4, -0.2) is 0 Å². The highest BCUT2D eigenvalue weighted by Crippen LogP contribution is 2.39. The van der Waals surface area contributed by atoms with E-state index in [2.05, 4.69) is 182 Å². The van der Waals surface area contributed by atoms with Crippen LogP contribution < -0.4 is 0 Å². The fraction of sp³-hybridized carbons (Fsp3) is 0. The summed E-state index contributed by atoms with van der Waals surface area (Å²) in [5.74, 6) is 0. The zero-order valence-electron chi connectivity index (χ0n) is 26.3. The van der Waals surface area contributed by atoms with Crippen LogP contribution in [-0.2, 0) is 0 Å². The van der Waals surface area contributed by atoms with E-state index in [0.717, 1.165) is 0 Å². The van der Waals surface area contributed by atoms with Gasteiger partial charge < -0.3 is 0 Å². The Labute approximate surface area is 279 Å². The van der Waals surface area contributed by atoms with Crippen molar-refractivity contribution in [2.24, 2.45) is 0 Å². The van der Waals surface area contributed by atoms with Crippen molar-refractivity contribution in [3.8, 4) is 33.4 Å². The molecule has 0 nitrogen and oxygen atoms in total. The SMILES string of the molecule is c1ccc2c(-c3ccc(-c4ccc5c(ccc6cc(-c7ccc8c9ccccc9c9ccccc9c8c7)ccc65)c4)cc3)cccc2c1. The van der Waals surface area contributed by atoms with Gasteiger partial charge in [-0.3, -0.25) is 0 Å². The third-order valence-electron chi connectivity index (χ3n) is 10.2. The van der Waals surface area contributed by atoms with Crippen LogP contribution in [0.3, 0.4) is 0 Å². The lowest BCUT2D eigenvalue weighted by molar-refractivity contribution is 1.62. The Morgan fingerprint density at radius 2 is 0.604 bits per heavy atom. The van der Waals surface area contributed by atoms with E-state index in [4.69, 9.17) is 0 Å². The molecule has 222 valence electrons. The summed E-state index contributed by atoms with van der Waals surface area (Å²) >= 11 is 0. The molecular formula is C48H30. The molecule has 0 saturated carbocycles. The van der Waals surface area contributed by atoms with Crippen molar-refractivity contribution >= 4 is 64.6 Å². The van der Waals surface area contributed by atoms with Gasteiger partial charge in [0.15, 0.2) is 0 Å². The van der Waals surface area contributed by atoms with Crippen LogP contribution in [0.5, 0.6) is 0 Å². The van der Waals surface area contributed by atoms with Crippen molar-refractivity contribution in [1.29, 1.82) is 0 Å². The van der Waals surface area contributed by atoms with Gasteiger partial charge in [0.05, 0.1) is 0 Å². The highest BCUT2D eigenvalue weighted by Gasteiger charge is 2.11. The summed E-state index contributed by atoms with van der Waals surface area (Å²) < 4.78 is 0. The maximum absolute atomic E-state index is 2.38. The van der Waals surface area contributed by atoms with Crippen LogP contribution in [0.15, 0.2) is 182 Å². The third-order valence-corrected chi connectivity index (χ3v) is 10.2. The Morgan fingerprint density at radius 1 is 0.188 bits per heavy atom. The zero-order valence-corrected chi connectivity index (χ0v) is 26.3. The topological polar surface area (TPSA) is 0 Å². The molecule has 0 aliphatic heterocycles. The Hall–Kier alpha value is -6.24. The summed E-state index contributed by atoms with van der Waals surface area (Å²) in [5.41, 5.74) is 7.46. The largest absolute Gasteiger partial charge is 0.0616 e. The van der Waals surface area contributed by atoms with Gasteiger partial charge in [-0.05, 0) is 116 Å². The first-order chi connectivity index (χ1) is 23.8. The molecule has 0 saturated heterocycles. The summed E-state index contributed by atoms with van der Waals surface area (Å²) in [5, 5.41) is 15.5. The molecule has 0 atom stereocenters. The molecule has 0 unspecified atom stereocenters. The van der Waals surface area contributed by atoms with Crippen LogP contribution in [0.4, 0.5) is 0 Å². The predicted octanol–water partition coefficient (Wildman–Crippen LogP) is 13.6. The third kappa shape index (κ3) is 4.24. The van der Waals surface area contributed by atoms with Crippen LogP contribution in [0.2, 0.25) is 0 Å². The Kier molecular flexibility index (Phi) is 5.98. The van der Waals surface area contributed by atoms with E-state index in [9.17, 15) is 0 Å². The average molecular weight is 607 g/mol. The van der Waals surface area contributed by atoms with Gasteiger partial charge in [-0.15, -0.1) is 0 Å². The Morgan fingerprint density at radius 3 is 1.23 bits per heavy atom. The first-order valence-corrected chi connectivity index (χ1v) is 16.7. The van der Waals surface area contributed by atoms with Crippen molar-refractivity contribution in [1.82, 2.24) is 0 Å². The number of fused-ring (bicyclic) bond motifs is 10. The van der Waals surface area contributed by atoms with E-state index in [1.54, 1.807) is 0 Å². The lowest BCUT2D eigenvalue weighted by atomic mass is 9.91. The molecule has 10 rings (SSSR count). The molecule has 48 heavy (non-hydrogen) atoms. The van der Waals surface area contributed by atoms with Crippen molar-refractivity contribution < 1.29 is 0 Å². The first kappa shape index (κ1) is 26.9. The molecule has 0 fully saturated rings. The number of rotatable bonds is 3. The van der Waals surface area contributed by atoms with Gasteiger partial charge in [-0.2, -0.15) is 0 Å². The smallest absolute Gasteiger partial charge is 0.00928 e. The van der Waals surface area contributed by atoms with Crippen LogP contribution in [0.25, 0.3) is 98.0 Å². The summed E-state index contributed by atoms with van der Waals surface area (Å²) in [6, 6.07) is 67.1. The molecule has 10 aromatic rings. The summed E-state index contributed by atoms with van der Waals surface area (Å²) in [7, 11) is 0. The van der Waals surface area contributed by atoms with Crippen LogP contribution >= 0.6 is 0 Å². The normalized spacial score (nSPS) is 11.8. The molecule has 0 aromatic heterocycles. The number of benzene rings is 10. The zero-order chi connectivity index (χ0) is 31.6. The summed E-state index contributed by atoms with van der Waals surface area (Å²) in [4.78, 5) is 0. The molecular weight excluding hydrogens is 577 g/mol. The highest BCUT2D eigenvalue weighted by atomic mass is 14.1. The molecule has 0 heteroatoms. The van der Waals surface area contributed by atoms with Gasteiger partial charge >= 0.3 is 0 Å². The van der Waals surface area contributed by atoms with Crippen LogP contribution in [0, 0.1) is 0 Å². The van der Waals surface area contributed by atoms with E-state index in [-0.39, 0.29) is 0 Å². The second-order valence-electron chi connectivity index (χ2n) is 12.9. The molecule has 10 aromatic carbocycles. The van der Waals surface area contributed by atoms with E-state index < -0.39 is 0 Å². The predicted molar refractivity (Wildman–Crippen MR) is 208 cm³/mol. The van der Waals surface area contributed by atoms with Gasteiger partial charge in [-0.25, -0.2) is 0 Å². The van der Waals surface area contributed by atoms with E-state index >= 15 is 0 Å². The molecule has 0 radical (unpaired) electrons. The van der Waals surface area contributed by atoms with Crippen LogP contribution in [0.1, 0.15) is 0 Å². The van der Waals surface area contributed by atoms with Gasteiger partial charge in [0.2, 0.25) is 0 Å². The molecule has 0 aliphatic rings. The molecule has 0 spiro atoms. The van der Waals surface area contributed by atoms with E-state index in [1.807, 2.05) is 0 Å². The van der Waals surface area contributed by atoms with Crippen molar-refractivity contribution in [3.05, 3.63) is 182 Å². The molecule has 0 aliphatic carbocycles. The monoisotopic (exact) mass is 606 g/mol. The summed E-state index contributed by atoms with van der Waals surface area (Å²) in [6.45, 7) is 0. The van der Waals surface area contributed by atoms with Crippen molar-refractivity contribution in [2.45, 2.75) is 0 Å². The lowest BCUT2D eigenvalue weighted by Crippen LogP contribution is -1.86. The quantitative estimate of drug-likeness (QED) is 0.176. The maximum atomic E-state index is 2.38. The minimum Gasteiger partial charge on any atom is -0.0616 e. The highest BCUT2D eigenvalue weighted by molar-refractivity contribution is 6.25. The van der Waals surface area contributed by atoms with E-state index in [0.29, 0.717) is 0 Å². The second-order valence-corrected chi connectivity index (χ2v) is 12.9. The van der Waals surface area contributed by atoms with Gasteiger partial charge in [0, 0.05) is 0 Å². The van der Waals surface area contributed by atoms with E-state index in [1.165, 1.54) is 98.0 Å². The number of hydrogen-bond acceptors (Lipinski definition) is 0. The summed E-state index contributed by atoms with van der Waals surface area (Å²) in [6.07, 6.45) is 0. The second kappa shape index (κ2) is 10.7. The lowest BCUT2D eigenvalue weighted by Gasteiger charge is -2.13. The molecule has 0 N–H and O–H groups in total. The van der Waals surface area contributed by atoms with Gasteiger partial charge in [-0.1, -0.05) is 164 Å². The number of hydrogen-bond donors (Lipinski definition) is 0.